The van der Waals surface area contributed by atoms with Crippen molar-refractivity contribution in [2.24, 2.45) is 0 Å². The van der Waals surface area contributed by atoms with Gasteiger partial charge in [0, 0.05) is 12.3 Å². The van der Waals surface area contributed by atoms with Crippen LogP contribution in [0.3, 0.4) is 0 Å². The molecule has 1 rings (SSSR count). The summed E-state index contributed by atoms with van der Waals surface area (Å²) < 4.78 is 0. The lowest BCUT2D eigenvalue weighted by Crippen LogP contribution is -2.14. The first-order valence-electron chi connectivity index (χ1n) is 4.34. The van der Waals surface area contributed by atoms with Crippen LogP contribution in [0.1, 0.15) is 0 Å². The molecule has 0 aliphatic carbocycles. The van der Waals surface area contributed by atoms with E-state index in [4.69, 9.17) is 6.57 Å². The van der Waals surface area contributed by atoms with E-state index in [2.05, 4.69) is 14.7 Å². The van der Waals surface area contributed by atoms with Gasteiger partial charge >= 0.3 is 0 Å². The molecule has 0 amide bonds. The van der Waals surface area contributed by atoms with E-state index in [0.29, 0.717) is 5.82 Å². The fraction of sp³-hybridized carbons (Fsp3) is 0.400. The first kappa shape index (κ1) is 11.0. The van der Waals surface area contributed by atoms with E-state index in [1.807, 2.05) is 26.2 Å². The number of hydrogen-bond donors (Lipinski definition) is 0. The molecular weight excluding hydrogens is 194 g/mol. The normalized spacial score (nSPS) is 10.1. The van der Waals surface area contributed by atoms with Crippen LogP contribution in [0.25, 0.3) is 4.85 Å². The second-order valence-corrected chi connectivity index (χ2v) is 4.21. The molecule has 0 N–H and O–H groups in total. The van der Waals surface area contributed by atoms with Crippen molar-refractivity contribution in [3.8, 4) is 0 Å². The monoisotopic (exact) mass is 207 g/mol. The summed E-state index contributed by atoms with van der Waals surface area (Å²) in [6.07, 6.45) is 0. The average Bonchev–Trinajstić information content (AvgIpc) is 2.18. The smallest absolute Gasteiger partial charge is 0.270 e. The molecule has 0 radical (unpaired) electrons. The lowest BCUT2D eigenvalue weighted by Gasteiger charge is -2.06. The van der Waals surface area contributed by atoms with Crippen molar-refractivity contribution in [3.05, 3.63) is 29.6 Å². The van der Waals surface area contributed by atoms with Crippen LogP contribution in [0.4, 0.5) is 5.82 Å². The molecule has 3 nitrogen and oxygen atoms in total. The highest BCUT2D eigenvalue weighted by molar-refractivity contribution is 7.99. The molecule has 0 bridgehead atoms. The Kier molecular flexibility index (Phi) is 4.44. The van der Waals surface area contributed by atoms with Crippen LogP contribution >= 0.6 is 11.8 Å². The predicted molar refractivity (Wildman–Crippen MR) is 59.8 cm³/mol. The van der Waals surface area contributed by atoms with Crippen molar-refractivity contribution in [1.29, 1.82) is 0 Å². The van der Waals surface area contributed by atoms with Gasteiger partial charge in [0.15, 0.2) is 5.03 Å². The van der Waals surface area contributed by atoms with Crippen molar-refractivity contribution < 1.29 is 0 Å². The van der Waals surface area contributed by atoms with Crippen LogP contribution < -0.4 is 0 Å². The summed E-state index contributed by atoms with van der Waals surface area (Å²) >= 11 is 1.68. The molecule has 0 fully saturated rings. The van der Waals surface area contributed by atoms with Crippen LogP contribution in [0.2, 0.25) is 0 Å². The number of thioether (sulfide) groups is 1. The molecule has 4 heteroatoms. The van der Waals surface area contributed by atoms with Crippen LogP contribution in [-0.4, -0.2) is 36.3 Å². The predicted octanol–water partition coefficient (Wildman–Crippen LogP) is 2.29. The van der Waals surface area contributed by atoms with E-state index in [0.717, 1.165) is 17.3 Å². The highest BCUT2D eigenvalue weighted by Crippen LogP contribution is 2.18. The number of hydrogen-bond acceptors (Lipinski definition) is 3. The molecule has 14 heavy (non-hydrogen) atoms. The molecule has 1 heterocycles. The van der Waals surface area contributed by atoms with Gasteiger partial charge in [0.2, 0.25) is 0 Å². The summed E-state index contributed by atoms with van der Waals surface area (Å²) in [5, 5.41) is 0.931. The Labute approximate surface area is 89.0 Å². The minimum absolute atomic E-state index is 0.472. The topological polar surface area (TPSA) is 20.5 Å². The summed E-state index contributed by atoms with van der Waals surface area (Å²) in [6.45, 7) is 7.85. The van der Waals surface area contributed by atoms with E-state index in [9.17, 15) is 0 Å². The van der Waals surface area contributed by atoms with Gasteiger partial charge in [-0.05, 0) is 26.2 Å². The number of aromatic nitrogens is 1. The van der Waals surface area contributed by atoms with Crippen molar-refractivity contribution in [1.82, 2.24) is 9.88 Å². The molecular formula is C10H13N3S. The highest BCUT2D eigenvalue weighted by atomic mass is 32.2. The molecule has 0 saturated heterocycles. The van der Waals surface area contributed by atoms with E-state index in [-0.39, 0.29) is 0 Å². The van der Waals surface area contributed by atoms with Gasteiger partial charge in [-0.1, -0.05) is 24.4 Å². The summed E-state index contributed by atoms with van der Waals surface area (Å²) in [5.41, 5.74) is 0. The second kappa shape index (κ2) is 5.63. The molecule has 0 spiro atoms. The molecule has 0 aliphatic heterocycles. The Morgan fingerprint density at radius 2 is 2.29 bits per heavy atom. The maximum Gasteiger partial charge on any atom is 0.270 e. The van der Waals surface area contributed by atoms with Gasteiger partial charge < -0.3 is 9.74 Å². The standard InChI is InChI=1S/C10H13N3S/c1-11-9-5-4-6-10(12-9)14-8-7-13(2)3/h4-6H,7-8H2,2-3H3. The summed E-state index contributed by atoms with van der Waals surface area (Å²) in [5.74, 6) is 1.47. The van der Waals surface area contributed by atoms with Crippen LogP contribution in [-0.2, 0) is 0 Å². The van der Waals surface area contributed by atoms with Gasteiger partial charge in [-0.3, -0.25) is 0 Å². The Bertz CT molecular complexity index is 330. The van der Waals surface area contributed by atoms with Gasteiger partial charge in [-0.25, -0.2) is 0 Å². The second-order valence-electron chi connectivity index (χ2n) is 3.10. The zero-order valence-electron chi connectivity index (χ0n) is 8.40. The minimum Gasteiger partial charge on any atom is -0.361 e. The lowest BCUT2D eigenvalue weighted by molar-refractivity contribution is 0.437. The Hall–Kier alpha value is -1.05. The highest BCUT2D eigenvalue weighted by Gasteiger charge is 2.01. The molecule has 1 aromatic heterocycles. The summed E-state index contributed by atoms with van der Waals surface area (Å²) in [4.78, 5) is 9.60. The average molecular weight is 207 g/mol. The Morgan fingerprint density at radius 1 is 1.50 bits per heavy atom. The minimum atomic E-state index is 0.472. The molecule has 0 unspecified atom stereocenters. The van der Waals surface area contributed by atoms with Crippen LogP contribution in [0.5, 0.6) is 0 Å². The number of nitrogens with zero attached hydrogens (tertiary/aromatic N) is 3. The maximum absolute atomic E-state index is 6.83. The van der Waals surface area contributed by atoms with Gasteiger partial charge in [-0.15, -0.1) is 4.98 Å². The number of pyridine rings is 1. The van der Waals surface area contributed by atoms with E-state index in [1.165, 1.54) is 0 Å². The fourth-order valence-electron chi connectivity index (χ4n) is 0.879. The molecule has 0 atom stereocenters. The fourth-order valence-corrected chi connectivity index (χ4v) is 1.88. The van der Waals surface area contributed by atoms with Gasteiger partial charge in [-0.2, -0.15) is 0 Å². The van der Waals surface area contributed by atoms with Gasteiger partial charge in [0.25, 0.3) is 5.82 Å². The van der Waals surface area contributed by atoms with Crippen molar-refractivity contribution >= 4 is 17.6 Å². The van der Waals surface area contributed by atoms with E-state index in [1.54, 1.807) is 17.8 Å². The molecule has 0 saturated carbocycles. The van der Waals surface area contributed by atoms with Crippen molar-refractivity contribution in [2.75, 3.05) is 26.4 Å². The molecule has 0 aromatic carbocycles. The van der Waals surface area contributed by atoms with Crippen LogP contribution in [0.15, 0.2) is 23.2 Å². The zero-order chi connectivity index (χ0) is 10.4. The maximum atomic E-state index is 6.83. The Balaban J connectivity index is 2.47. The summed E-state index contributed by atoms with van der Waals surface area (Å²) in [6, 6.07) is 5.54. The third-order valence-electron chi connectivity index (χ3n) is 1.61. The van der Waals surface area contributed by atoms with E-state index >= 15 is 0 Å². The number of rotatable bonds is 4. The third-order valence-corrected chi connectivity index (χ3v) is 2.52. The Morgan fingerprint density at radius 3 is 2.93 bits per heavy atom. The quantitative estimate of drug-likeness (QED) is 0.558. The zero-order valence-corrected chi connectivity index (χ0v) is 9.21. The van der Waals surface area contributed by atoms with Crippen molar-refractivity contribution in [2.45, 2.75) is 5.03 Å². The van der Waals surface area contributed by atoms with Crippen molar-refractivity contribution in [3.63, 3.8) is 0 Å². The lowest BCUT2D eigenvalue weighted by atomic mass is 10.5. The third kappa shape index (κ3) is 3.77. The molecule has 0 aliphatic rings. The first-order valence-corrected chi connectivity index (χ1v) is 5.33. The van der Waals surface area contributed by atoms with Gasteiger partial charge in [0.1, 0.15) is 0 Å². The van der Waals surface area contributed by atoms with E-state index < -0.39 is 0 Å². The van der Waals surface area contributed by atoms with Crippen LogP contribution in [0, 0.1) is 6.57 Å². The summed E-state index contributed by atoms with van der Waals surface area (Å²) in [7, 11) is 4.09. The first-order chi connectivity index (χ1) is 6.72. The molecule has 1 aromatic rings. The van der Waals surface area contributed by atoms with Gasteiger partial charge in [0.05, 0.1) is 0 Å². The SMILES string of the molecule is [C-]#[N+]c1cccc(SCCN(C)C)n1. The molecule has 74 valence electrons. The largest absolute Gasteiger partial charge is 0.361 e.